The number of ether oxygens (including phenoxy) is 1. The fourth-order valence-electron chi connectivity index (χ4n) is 2.81. The molecule has 0 aliphatic heterocycles. The summed E-state index contributed by atoms with van der Waals surface area (Å²) < 4.78 is 5.30. The third-order valence-corrected chi connectivity index (χ3v) is 4.08. The first kappa shape index (κ1) is 14.4. The Morgan fingerprint density at radius 3 is 2.84 bits per heavy atom. The van der Waals surface area contributed by atoms with E-state index in [9.17, 15) is 5.11 Å². The molecule has 0 bridgehead atoms. The Kier molecular flexibility index (Phi) is 4.83. The SMILES string of the molecule is COc1ccc2c(c1)CCCC2N[C@H](CO)C(C)C. The molecule has 3 nitrogen and oxygen atoms in total. The lowest BCUT2D eigenvalue weighted by Crippen LogP contribution is -2.40. The van der Waals surface area contributed by atoms with Crippen LogP contribution in [0.1, 0.15) is 43.9 Å². The Morgan fingerprint density at radius 1 is 1.42 bits per heavy atom. The Bertz CT molecular complexity index is 417. The van der Waals surface area contributed by atoms with Crippen LogP contribution in [0.2, 0.25) is 0 Å². The van der Waals surface area contributed by atoms with Crippen molar-refractivity contribution in [1.82, 2.24) is 5.32 Å². The molecular formula is C16H25NO2. The second-order valence-corrected chi connectivity index (χ2v) is 5.71. The van der Waals surface area contributed by atoms with Crippen molar-refractivity contribution in [3.05, 3.63) is 29.3 Å². The summed E-state index contributed by atoms with van der Waals surface area (Å²) in [5, 5.41) is 13.1. The fourth-order valence-corrected chi connectivity index (χ4v) is 2.81. The molecule has 1 aromatic carbocycles. The van der Waals surface area contributed by atoms with Crippen molar-refractivity contribution in [2.45, 2.75) is 45.2 Å². The molecule has 0 aromatic heterocycles. The van der Waals surface area contributed by atoms with Crippen molar-refractivity contribution < 1.29 is 9.84 Å². The van der Waals surface area contributed by atoms with E-state index in [1.165, 1.54) is 17.5 Å². The van der Waals surface area contributed by atoms with Gasteiger partial charge in [-0.25, -0.2) is 0 Å². The van der Waals surface area contributed by atoms with Crippen LogP contribution in [-0.4, -0.2) is 24.9 Å². The molecule has 0 spiro atoms. The normalized spacial score (nSPS) is 20.2. The number of hydrogen-bond donors (Lipinski definition) is 2. The lowest BCUT2D eigenvalue weighted by Gasteiger charge is -2.31. The van der Waals surface area contributed by atoms with Crippen LogP contribution in [0, 0.1) is 5.92 Å². The third kappa shape index (κ3) is 3.28. The van der Waals surface area contributed by atoms with E-state index >= 15 is 0 Å². The Balaban J connectivity index is 2.17. The van der Waals surface area contributed by atoms with Crippen molar-refractivity contribution in [3.8, 4) is 5.75 Å². The number of hydrogen-bond acceptors (Lipinski definition) is 3. The van der Waals surface area contributed by atoms with Gasteiger partial charge in [0.1, 0.15) is 5.75 Å². The molecule has 2 N–H and O–H groups in total. The topological polar surface area (TPSA) is 41.5 Å². The molecule has 0 amide bonds. The standard InChI is InChI=1S/C16H25NO2/c1-11(2)16(10-18)17-15-6-4-5-12-9-13(19-3)7-8-14(12)15/h7-9,11,15-18H,4-6,10H2,1-3H3/t15?,16-/m1/s1. The smallest absolute Gasteiger partial charge is 0.119 e. The predicted molar refractivity (Wildman–Crippen MR) is 77.5 cm³/mol. The molecule has 1 aromatic rings. The van der Waals surface area contributed by atoms with Crippen molar-refractivity contribution in [3.63, 3.8) is 0 Å². The van der Waals surface area contributed by atoms with Gasteiger partial charge in [0.25, 0.3) is 0 Å². The van der Waals surface area contributed by atoms with Gasteiger partial charge in [-0.05, 0) is 48.4 Å². The first-order chi connectivity index (χ1) is 9.15. The molecule has 3 heteroatoms. The zero-order chi connectivity index (χ0) is 13.8. The van der Waals surface area contributed by atoms with Crippen molar-refractivity contribution in [1.29, 1.82) is 0 Å². The molecule has 1 aliphatic rings. The van der Waals surface area contributed by atoms with Gasteiger partial charge in [-0.2, -0.15) is 0 Å². The monoisotopic (exact) mass is 263 g/mol. The molecule has 0 saturated heterocycles. The summed E-state index contributed by atoms with van der Waals surface area (Å²) in [6.07, 6.45) is 3.45. The number of aryl methyl sites for hydroxylation is 1. The van der Waals surface area contributed by atoms with Gasteiger partial charge >= 0.3 is 0 Å². The largest absolute Gasteiger partial charge is 0.497 e. The molecule has 19 heavy (non-hydrogen) atoms. The lowest BCUT2D eigenvalue weighted by molar-refractivity contribution is 0.194. The van der Waals surface area contributed by atoms with E-state index in [4.69, 9.17) is 4.74 Å². The number of aliphatic hydroxyl groups is 1. The molecule has 0 radical (unpaired) electrons. The summed E-state index contributed by atoms with van der Waals surface area (Å²) in [5.74, 6) is 1.37. The molecule has 106 valence electrons. The highest BCUT2D eigenvalue weighted by Gasteiger charge is 2.24. The fraction of sp³-hybridized carbons (Fsp3) is 0.625. The second kappa shape index (κ2) is 6.40. The lowest BCUT2D eigenvalue weighted by atomic mass is 9.86. The summed E-state index contributed by atoms with van der Waals surface area (Å²) in [6, 6.07) is 6.86. The van der Waals surface area contributed by atoms with Crippen LogP contribution >= 0.6 is 0 Å². The number of methoxy groups -OCH3 is 1. The van der Waals surface area contributed by atoms with Crippen molar-refractivity contribution in [2.24, 2.45) is 5.92 Å². The van der Waals surface area contributed by atoms with E-state index < -0.39 is 0 Å². The van der Waals surface area contributed by atoms with Gasteiger partial charge in [-0.15, -0.1) is 0 Å². The summed E-state index contributed by atoms with van der Waals surface area (Å²) in [4.78, 5) is 0. The van der Waals surface area contributed by atoms with Gasteiger partial charge in [0.15, 0.2) is 0 Å². The highest BCUT2D eigenvalue weighted by molar-refractivity contribution is 5.39. The molecule has 2 rings (SSSR count). The van der Waals surface area contributed by atoms with Crippen molar-refractivity contribution in [2.75, 3.05) is 13.7 Å². The van der Waals surface area contributed by atoms with Crippen LogP contribution in [0.25, 0.3) is 0 Å². The summed E-state index contributed by atoms with van der Waals surface area (Å²) in [7, 11) is 1.71. The van der Waals surface area contributed by atoms with Gasteiger partial charge in [0.05, 0.1) is 13.7 Å². The number of rotatable bonds is 5. The van der Waals surface area contributed by atoms with E-state index in [-0.39, 0.29) is 12.6 Å². The number of benzene rings is 1. The molecule has 0 heterocycles. The first-order valence-corrected chi connectivity index (χ1v) is 7.19. The highest BCUT2D eigenvalue weighted by Crippen LogP contribution is 2.32. The van der Waals surface area contributed by atoms with E-state index in [1.54, 1.807) is 7.11 Å². The number of nitrogens with one attached hydrogen (secondary N) is 1. The van der Waals surface area contributed by atoms with Crippen LogP contribution < -0.4 is 10.1 Å². The molecule has 1 unspecified atom stereocenters. The van der Waals surface area contributed by atoms with Gasteiger partial charge in [0, 0.05) is 12.1 Å². The number of aliphatic hydroxyl groups excluding tert-OH is 1. The van der Waals surface area contributed by atoms with Crippen LogP contribution in [0.5, 0.6) is 5.75 Å². The quantitative estimate of drug-likeness (QED) is 0.858. The summed E-state index contributed by atoms with van der Waals surface area (Å²) in [5.41, 5.74) is 2.75. The van der Waals surface area contributed by atoms with Gasteiger partial charge in [-0.3, -0.25) is 0 Å². The molecule has 2 atom stereocenters. The van der Waals surface area contributed by atoms with E-state index in [0.717, 1.165) is 18.6 Å². The number of fused-ring (bicyclic) bond motifs is 1. The van der Waals surface area contributed by atoms with Crippen molar-refractivity contribution >= 4 is 0 Å². The Labute approximate surface area is 116 Å². The summed E-state index contributed by atoms with van der Waals surface area (Å²) in [6.45, 7) is 4.48. The average molecular weight is 263 g/mol. The zero-order valence-electron chi connectivity index (χ0n) is 12.1. The zero-order valence-corrected chi connectivity index (χ0v) is 12.1. The Hall–Kier alpha value is -1.06. The van der Waals surface area contributed by atoms with Crippen LogP contribution in [0.3, 0.4) is 0 Å². The highest BCUT2D eigenvalue weighted by atomic mass is 16.5. The maximum absolute atomic E-state index is 9.47. The van der Waals surface area contributed by atoms with E-state index in [2.05, 4.69) is 31.3 Å². The predicted octanol–water partition coefficient (Wildman–Crippen LogP) is 2.68. The molecule has 1 aliphatic carbocycles. The average Bonchev–Trinajstić information content (AvgIpc) is 2.43. The molecule has 0 saturated carbocycles. The minimum absolute atomic E-state index is 0.165. The first-order valence-electron chi connectivity index (χ1n) is 7.19. The van der Waals surface area contributed by atoms with E-state index in [1.807, 2.05) is 6.07 Å². The molecular weight excluding hydrogens is 238 g/mol. The van der Waals surface area contributed by atoms with Gasteiger partial charge in [-0.1, -0.05) is 19.9 Å². The van der Waals surface area contributed by atoms with Crippen LogP contribution in [-0.2, 0) is 6.42 Å². The minimum Gasteiger partial charge on any atom is -0.497 e. The van der Waals surface area contributed by atoms with Crippen LogP contribution in [0.15, 0.2) is 18.2 Å². The third-order valence-electron chi connectivity index (χ3n) is 4.08. The van der Waals surface area contributed by atoms with Gasteiger partial charge < -0.3 is 15.2 Å². The maximum atomic E-state index is 9.47. The maximum Gasteiger partial charge on any atom is 0.119 e. The summed E-state index contributed by atoms with van der Waals surface area (Å²) >= 11 is 0. The minimum atomic E-state index is 0.165. The van der Waals surface area contributed by atoms with Gasteiger partial charge in [0.2, 0.25) is 0 Å². The van der Waals surface area contributed by atoms with Crippen LogP contribution in [0.4, 0.5) is 0 Å². The second-order valence-electron chi connectivity index (χ2n) is 5.71. The molecule has 0 fully saturated rings. The Morgan fingerprint density at radius 2 is 2.21 bits per heavy atom. The van der Waals surface area contributed by atoms with E-state index in [0.29, 0.717) is 12.0 Å².